The van der Waals surface area contributed by atoms with Gasteiger partial charge in [0, 0.05) is 44.6 Å². The number of hydrogen-bond donors (Lipinski definition) is 2. The van der Waals surface area contributed by atoms with Gasteiger partial charge in [-0.1, -0.05) is 0 Å². The number of carbonyl (C=O) groups is 1. The summed E-state index contributed by atoms with van der Waals surface area (Å²) in [6, 6.07) is 2.54. The molecule has 1 saturated heterocycles. The van der Waals surface area contributed by atoms with E-state index in [4.69, 9.17) is 4.42 Å². The number of oxazole rings is 1. The van der Waals surface area contributed by atoms with Gasteiger partial charge in [0.25, 0.3) is 5.91 Å². The zero-order chi connectivity index (χ0) is 26.9. The van der Waals surface area contributed by atoms with Crippen LogP contribution in [0.25, 0.3) is 22.8 Å². The van der Waals surface area contributed by atoms with Gasteiger partial charge in [-0.15, -0.1) is 0 Å². The van der Waals surface area contributed by atoms with E-state index in [1.54, 1.807) is 17.1 Å². The molecule has 6 rings (SSSR count). The summed E-state index contributed by atoms with van der Waals surface area (Å²) in [5.74, 6) is -1.93. The lowest BCUT2D eigenvalue weighted by atomic mass is 9.90. The highest BCUT2D eigenvalue weighted by molar-refractivity contribution is 6.04. The van der Waals surface area contributed by atoms with Crippen molar-refractivity contribution in [2.24, 2.45) is 0 Å². The fourth-order valence-electron chi connectivity index (χ4n) is 5.37. The summed E-state index contributed by atoms with van der Waals surface area (Å²) < 4.78 is 35.9. The number of hydrogen-bond acceptors (Lipinski definition) is 8. The maximum Gasteiger partial charge on any atom is 0.277 e. The van der Waals surface area contributed by atoms with Crippen LogP contribution in [0.1, 0.15) is 42.2 Å². The van der Waals surface area contributed by atoms with Gasteiger partial charge in [-0.2, -0.15) is 14.6 Å². The zero-order valence-corrected chi connectivity index (χ0v) is 21.5. The molecule has 4 aromatic rings. The molecule has 2 N–H and O–H groups in total. The van der Waals surface area contributed by atoms with E-state index in [0.717, 1.165) is 64.0 Å². The Hall–Kier alpha value is -3.97. The second kappa shape index (κ2) is 10.7. The van der Waals surface area contributed by atoms with E-state index in [2.05, 4.69) is 47.4 Å². The van der Waals surface area contributed by atoms with Crippen molar-refractivity contribution in [3.8, 4) is 22.8 Å². The molecule has 0 spiro atoms. The molecule has 0 bridgehead atoms. The number of likely N-dealkylation sites (N-methyl/N-ethyl adjacent to an activating group) is 1. The van der Waals surface area contributed by atoms with Gasteiger partial charge in [0.15, 0.2) is 11.5 Å². The van der Waals surface area contributed by atoms with E-state index < -0.39 is 17.7 Å². The number of amides is 1. The van der Waals surface area contributed by atoms with Crippen molar-refractivity contribution in [2.45, 2.75) is 37.8 Å². The maximum atomic E-state index is 14.8. The molecule has 204 valence electrons. The van der Waals surface area contributed by atoms with Gasteiger partial charge in [-0.25, -0.2) is 14.4 Å². The fourth-order valence-corrected chi connectivity index (χ4v) is 5.37. The van der Waals surface area contributed by atoms with E-state index in [1.807, 2.05) is 0 Å². The Morgan fingerprint density at radius 2 is 1.82 bits per heavy atom. The molecule has 1 aliphatic carbocycles. The molecular formula is C26H29F2N9O2. The Bertz CT molecular complexity index is 1440. The van der Waals surface area contributed by atoms with Crippen LogP contribution in [-0.2, 0) is 0 Å². The first kappa shape index (κ1) is 25.3. The van der Waals surface area contributed by atoms with Crippen LogP contribution in [0.15, 0.2) is 41.4 Å². The molecule has 1 aliphatic heterocycles. The molecule has 1 saturated carbocycles. The number of H-pyrrole nitrogens is 1. The van der Waals surface area contributed by atoms with Crippen LogP contribution < -0.4 is 5.32 Å². The third-order valence-electron chi connectivity index (χ3n) is 7.59. The Morgan fingerprint density at radius 1 is 1.05 bits per heavy atom. The zero-order valence-electron chi connectivity index (χ0n) is 21.5. The van der Waals surface area contributed by atoms with Crippen molar-refractivity contribution < 1.29 is 18.0 Å². The number of nitrogens with one attached hydrogen (secondary N) is 2. The third-order valence-corrected chi connectivity index (χ3v) is 7.59. The highest BCUT2D eigenvalue weighted by atomic mass is 19.1. The average Bonchev–Trinajstić information content (AvgIpc) is 3.72. The molecule has 4 aromatic heterocycles. The normalized spacial score (nSPS) is 20.8. The minimum absolute atomic E-state index is 0.0188. The number of piperazine rings is 1. The van der Waals surface area contributed by atoms with Crippen LogP contribution in [-0.4, -0.2) is 84.9 Å². The van der Waals surface area contributed by atoms with Gasteiger partial charge in [-0.3, -0.25) is 19.5 Å². The summed E-state index contributed by atoms with van der Waals surface area (Å²) in [4.78, 5) is 25.9. The van der Waals surface area contributed by atoms with Gasteiger partial charge in [-0.05, 0) is 44.9 Å². The summed E-state index contributed by atoms with van der Waals surface area (Å²) in [7, 11) is 2.15. The molecule has 13 heteroatoms. The topological polar surface area (TPSA) is 121 Å². The average molecular weight is 538 g/mol. The molecule has 1 amide bonds. The highest BCUT2D eigenvalue weighted by Gasteiger charge is 2.30. The van der Waals surface area contributed by atoms with Crippen molar-refractivity contribution in [3.05, 3.63) is 54.4 Å². The van der Waals surface area contributed by atoms with E-state index in [0.29, 0.717) is 11.6 Å². The molecule has 39 heavy (non-hydrogen) atoms. The van der Waals surface area contributed by atoms with Gasteiger partial charge in [0.1, 0.15) is 17.7 Å². The molecule has 0 aromatic carbocycles. The number of aromatic amines is 1. The van der Waals surface area contributed by atoms with E-state index in [-0.39, 0.29) is 34.7 Å². The predicted octanol–water partition coefficient (Wildman–Crippen LogP) is 3.58. The number of aromatic nitrogens is 6. The number of halogens is 2. The first-order valence-corrected chi connectivity index (χ1v) is 13.0. The van der Waals surface area contributed by atoms with E-state index >= 15 is 0 Å². The minimum Gasteiger partial charge on any atom is -0.444 e. The summed E-state index contributed by atoms with van der Waals surface area (Å²) in [6.07, 6.45) is 9.82. The SMILES string of the molecule is CN1CCN(C2CCC(n3cc(NC(=O)c4coc(-c5cn[nH]c5)n4)c(-c4nc(F)ccc4F)n3)CC2)CC1. The van der Waals surface area contributed by atoms with Gasteiger partial charge in [0.2, 0.25) is 11.8 Å². The molecule has 0 unspecified atom stereocenters. The van der Waals surface area contributed by atoms with Crippen molar-refractivity contribution in [3.63, 3.8) is 0 Å². The van der Waals surface area contributed by atoms with Crippen molar-refractivity contribution >= 4 is 11.6 Å². The third kappa shape index (κ3) is 5.32. The van der Waals surface area contributed by atoms with E-state index in [1.165, 1.54) is 12.5 Å². The monoisotopic (exact) mass is 537 g/mol. The van der Waals surface area contributed by atoms with Crippen LogP contribution in [0, 0.1) is 11.8 Å². The first-order chi connectivity index (χ1) is 18.9. The second-order valence-electron chi connectivity index (χ2n) is 10.1. The first-order valence-electron chi connectivity index (χ1n) is 13.0. The largest absolute Gasteiger partial charge is 0.444 e. The molecule has 2 aliphatic rings. The number of carbonyl (C=O) groups excluding carboxylic acids is 1. The lowest BCUT2D eigenvalue weighted by Gasteiger charge is -2.41. The lowest BCUT2D eigenvalue weighted by Crippen LogP contribution is -2.49. The quantitative estimate of drug-likeness (QED) is 0.358. The van der Waals surface area contributed by atoms with Crippen molar-refractivity contribution in [1.82, 2.24) is 39.7 Å². The number of nitrogens with zero attached hydrogens (tertiary/aromatic N) is 7. The number of rotatable bonds is 6. The van der Waals surface area contributed by atoms with Gasteiger partial charge < -0.3 is 14.6 Å². The molecule has 2 fully saturated rings. The van der Waals surface area contributed by atoms with E-state index in [9.17, 15) is 13.6 Å². The smallest absolute Gasteiger partial charge is 0.277 e. The van der Waals surface area contributed by atoms with Gasteiger partial charge in [0.05, 0.1) is 23.5 Å². The lowest BCUT2D eigenvalue weighted by molar-refractivity contribution is 0.0811. The summed E-state index contributed by atoms with van der Waals surface area (Å²) in [5.41, 5.74) is 0.603. The van der Waals surface area contributed by atoms with Crippen molar-refractivity contribution in [1.29, 1.82) is 0 Å². The second-order valence-corrected chi connectivity index (χ2v) is 10.1. The Morgan fingerprint density at radius 3 is 2.56 bits per heavy atom. The summed E-state index contributed by atoms with van der Waals surface area (Å²) in [5, 5.41) is 13.9. The minimum atomic E-state index is -0.841. The standard InChI is InChI=1S/C26H29F2N9O2/c1-35-8-10-36(11-9-35)17-2-4-18(5-3-17)37-14-20(24(34-37)23-19(27)6-7-22(28)33-23)31-25(38)21-15-39-26(32-21)16-12-29-30-13-16/h6-7,12-15,17-18H,2-5,8-11H2,1H3,(H,29,30)(H,31,38). The summed E-state index contributed by atoms with van der Waals surface area (Å²) in [6.45, 7) is 4.30. The molecular weight excluding hydrogens is 508 g/mol. The Labute approximate surface area is 223 Å². The predicted molar refractivity (Wildman–Crippen MR) is 138 cm³/mol. The number of pyridine rings is 1. The van der Waals surface area contributed by atoms with Crippen LogP contribution in [0.2, 0.25) is 0 Å². The van der Waals surface area contributed by atoms with Crippen LogP contribution in [0.4, 0.5) is 14.5 Å². The number of anilines is 1. The maximum absolute atomic E-state index is 14.8. The van der Waals surface area contributed by atoms with Crippen LogP contribution in [0.5, 0.6) is 0 Å². The fraction of sp³-hybridized carbons (Fsp3) is 0.423. The molecule has 0 atom stereocenters. The van der Waals surface area contributed by atoms with Crippen molar-refractivity contribution in [2.75, 3.05) is 38.5 Å². The Balaban J connectivity index is 1.23. The highest BCUT2D eigenvalue weighted by Crippen LogP contribution is 2.35. The summed E-state index contributed by atoms with van der Waals surface area (Å²) >= 11 is 0. The molecule has 5 heterocycles. The van der Waals surface area contributed by atoms with Crippen LogP contribution >= 0.6 is 0 Å². The molecule has 0 radical (unpaired) electrons. The van der Waals surface area contributed by atoms with Gasteiger partial charge >= 0.3 is 0 Å². The molecule has 11 nitrogen and oxygen atoms in total. The van der Waals surface area contributed by atoms with Crippen LogP contribution in [0.3, 0.4) is 0 Å². The Kier molecular flexibility index (Phi) is 6.92.